The molecule has 0 amide bonds. The second kappa shape index (κ2) is 9.28. The Morgan fingerprint density at radius 2 is 1.94 bits per heavy atom. The molecule has 33 heavy (non-hydrogen) atoms. The highest BCUT2D eigenvalue weighted by Crippen LogP contribution is 2.41. The van der Waals surface area contributed by atoms with Crippen LogP contribution in [0.15, 0.2) is 23.2 Å². The standard InChI is InChI=1S/C22H25FN10/c1-2-32-5-7-33(8-6-32)11-13-9-14(23)3-4-15(13)19-17-18(26)16(10-24)20(27)30-21(17)31-22(29-19)28-12-25/h3-4,9,19H,2,5-8,11H2,1H3,(H6,26,27,28,29,30,31). The third-order valence-electron chi connectivity index (χ3n) is 6.06. The lowest BCUT2D eigenvalue weighted by molar-refractivity contribution is 0.131. The van der Waals surface area contributed by atoms with Gasteiger partial charge in [-0.1, -0.05) is 13.0 Å². The van der Waals surface area contributed by atoms with Gasteiger partial charge in [-0.3, -0.25) is 10.2 Å². The normalized spacial score (nSPS) is 18.4. The molecule has 2 aromatic rings. The van der Waals surface area contributed by atoms with Crippen LogP contribution in [0.5, 0.6) is 0 Å². The Morgan fingerprint density at radius 1 is 1.21 bits per heavy atom. The zero-order valence-electron chi connectivity index (χ0n) is 18.3. The monoisotopic (exact) mass is 448 g/mol. The molecule has 1 aromatic heterocycles. The highest BCUT2D eigenvalue weighted by atomic mass is 19.1. The number of hydrogen-bond donors (Lipinski definition) is 4. The van der Waals surface area contributed by atoms with E-state index in [1.54, 1.807) is 6.07 Å². The number of hydrogen-bond acceptors (Lipinski definition) is 10. The van der Waals surface area contributed by atoms with Crippen LogP contribution in [0.4, 0.5) is 21.7 Å². The lowest BCUT2D eigenvalue weighted by Crippen LogP contribution is -2.45. The third-order valence-corrected chi connectivity index (χ3v) is 6.06. The molecule has 1 fully saturated rings. The minimum Gasteiger partial charge on any atom is -0.397 e. The number of anilines is 3. The number of nitrogens with zero attached hydrogens (tertiary/aromatic N) is 6. The molecule has 1 atom stereocenters. The Labute approximate surface area is 191 Å². The number of nitrogens with one attached hydrogen (secondary N) is 2. The minimum absolute atomic E-state index is 0.0219. The van der Waals surface area contributed by atoms with E-state index >= 15 is 0 Å². The number of guanidine groups is 1. The predicted octanol–water partition coefficient (Wildman–Crippen LogP) is 1.34. The molecule has 2 aliphatic heterocycles. The van der Waals surface area contributed by atoms with E-state index in [1.807, 2.05) is 12.3 Å². The van der Waals surface area contributed by atoms with Crippen molar-refractivity contribution >= 4 is 23.3 Å². The molecule has 2 aliphatic rings. The smallest absolute Gasteiger partial charge is 0.211 e. The molecule has 170 valence electrons. The Bertz CT molecular complexity index is 1170. The van der Waals surface area contributed by atoms with Crippen molar-refractivity contribution in [3.8, 4) is 12.3 Å². The number of nitrogen functional groups attached to an aromatic ring is 2. The largest absolute Gasteiger partial charge is 0.397 e. The van der Waals surface area contributed by atoms with Gasteiger partial charge in [-0.15, -0.1) is 0 Å². The van der Waals surface area contributed by atoms with Crippen molar-refractivity contribution in [1.82, 2.24) is 20.1 Å². The van der Waals surface area contributed by atoms with E-state index in [-0.39, 0.29) is 28.8 Å². The van der Waals surface area contributed by atoms with Gasteiger partial charge in [0.05, 0.1) is 5.69 Å². The summed E-state index contributed by atoms with van der Waals surface area (Å²) < 4.78 is 14.3. The van der Waals surface area contributed by atoms with Gasteiger partial charge in [0.15, 0.2) is 6.19 Å². The van der Waals surface area contributed by atoms with Gasteiger partial charge in [0.2, 0.25) is 5.96 Å². The molecule has 11 heteroatoms. The first-order valence-electron chi connectivity index (χ1n) is 10.7. The fourth-order valence-electron chi connectivity index (χ4n) is 4.29. The number of aromatic nitrogens is 1. The average Bonchev–Trinajstić information content (AvgIpc) is 2.79. The Morgan fingerprint density at radius 3 is 2.61 bits per heavy atom. The molecule has 1 unspecified atom stereocenters. The molecule has 1 aromatic carbocycles. The predicted molar refractivity (Wildman–Crippen MR) is 123 cm³/mol. The number of benzene rings is 1. The number of rotatable bonds is 4. The second-order valence-electron chi connectivity index (χ2n) is 7.96. The summed E-state index contributed by atoms with van der Waals surface area (Å²) in [7, 11) is 0. The molecule has 0 radical (unpaired) electrons. The fraction of sp³-hybridized carbons (Fsp3) is 0.364. The van der Waals surface area contributed by atoms with E-state index in [9.17, 15) is 9.65 Å². The van der Waals surface area contributed by atoms with Crippen molar-refractivity contribution in [3.63, 3.8) is 0 Å². The summed E-state index contributed by atoms with van der Waals surface area (Å²) in [5.74, 6) is 0.0910. The number of pyridine rings is 1. The van der Waals surface area contributed by atoms with Crippen LogP contribution in [0.3, 0.4) is 0 Å². The summed E-state index contributed by atoms with van der Waals surface area (Å²) in [6.45, 7) is 7.33. The topological polar surface area (TPSA) is 155 Å². The number of aliphatic imine (C=N–C) groups is 1. The van der Waals surface area contributed by atoms with Crippen LogP contribution in [-0.4, -0.2) is 53.5 Å². The van der Waals surface area contributed by atoms with Crippen LogP contribution in [0.1, 0.15) is 35.2 Å². The molecule has 0 aliphatic carbocycles. The second-order valence-corrected chi connectivity index (χ2v) is 7.96. The van der Waals surface area contributed by atoms with Gasteiger partial charge in [-0.25, -0.2) is 14.4 Å². The summed E-state index contributed by atoms with van der Waals surface area (Å²) in [4.78, 5) is 13.5. The molecule has 0 bridgehead atoms. The third kappa shape index (κ3) is 4.37. The number of fused-ring (bicyclic) bond motifs is 1. The van der Waals surface area contributed by atoms with Crippen LogP contribution < -0.4 is 22.1 Å². The highest BCUT2D eigenvalue weighted by molar-refractivity contribution is 5.98. The van der Waals surface area contributed by atoms with E-state index in [2.05, 4.69) is 37.3 Å². The molecule has 1 saturated heterocycles. The fourth-order valence-corrected chi connectivity index (χ4v) is 4.29. The van der Waals surface area contributed by atoms with Crippen LogP contribution in [0.25, 0.3) is 0 Å². The molecule has 0 saturated carbocycles. The van der Waals surface area contributed by atoms with Gasteiger partial charge in [-0.05, 0) is 29.8 Å². The lowest BCUT2D eigenvalue weighted by atomic mass is 9.91. The van der Waals surface area contributed by atoms with Gasteiger partial charge >= 0.3 is 0 Å². The highest BCUT2D eigenvalue weighted by Gasteiger charge is 2.31. The zero-order chi connectivity index (χ0) is 23.5. The minimum atomic E-state index is -0.704. The number of nitriles is 2. The maximum atomic E-state index is 14.3. The number of halogens is 1. The zero-order valence-corrected chi connectivity index (χ0v) is 18.3. The average molecular weight is 449 g/mol. The van der Waals surface area contributed by atoms with Gasteiger partial charge in [0, 0.05) is 38.3 Å². The first-order chi connectivity index (χ1) is 15.9. The maximum absolute atomic E-state index is 14.3. The summed E-state index contributed by atoms with van der Waals surface area (Å²) in [6, 6.07) is 5.83. The molecule has 10 nitrogen and oxygen atoms in total. The van der Waals surface area contributed by atoms with Gasteiger partial charge in [0.1, 0.15) is 35.1 Å². The summed E-state index contributed by atoms with van der Waals surface area (Å²) >= 11 is 0. The van der Waals surface area contributed by atoms with E-state index in [4.69, 9.17) is 16.7 Å². The SMILES string of the molecule is CCN1CCN(Cc2cc(F)ccc2C2N=C(NC#N)Nc3nc(N)c(C#N)c(N)c32)CC1. The van der Waals surface area contributed by atoms with E-state index in [0.717, 1.165) is 43.9 Å². The van der Waals surface area contributed by atoms with Crippen molar-refractivity contribution in [2.45, 2.75) is 19.5 Å². The first-order valence-corrected chi connectivity index (χ1v) is 10.7. The van der Waals surface area contributed by atoms with Gasteiger partial charge in [0.25, 0.3) is 0 Å². The number of likely N-dealkylation sites (N-methyl/N-ethyl adjacent to an activating group) is 1. The first kappa shape index (κ1) is 22.3. The molecule has 0 spiro atoms. The molecule has 3 heterocycles. The van der Waals surface area contributed by atoms with Crippen molar-refractivity contribution in [2.75, 3.05) is 49.5 Å². The van der Waals surface area contributed by atoms with Crippen molar-refractivity contribution in [1.29, 1.82) is 10.5 Å². The number of nitrogens with two attached hydrogens (primary N) is 2. The lowest BCUT2D eigenvalue weighted by Gasteiger charge is -2.35. The van der Waals surface area contributed by atoms with E-state index in [0.29, 0.717) is 17.9 Å². The van der Waals surface area contributed by atoms with Crippen molar-refractivity contribution in [3.05, 3.63) is 46.3 Å². The number of piperazine rings is 1. The summed E-state index contributed by atoms with van der Waals surface area (Å²) in [6.07, 6.45) is 1.83. The van der Waals surface area contributed by atoms with Gasteiger partial charge in [-0.2, -0.15) is 10.5 Å². The van der Waals surface area contributed by atoms with Crippen LogP contribution >= 0.6 is 0 Å². The molecular formula is C22H25FN10. The summed E-state index contributed by atoms with van der Waals surface area (Å²) in [5.41, 5.74) is 14.4. The van der Waals surface area contributed by atoms with Gasteiger partial charge < -0.3 is 21.7 Å². The van der Waals surface area contributed by atoms with E-state index in [1.165, 1.54) is 12.1 Å². The van der Waals surface area contributed by atoms with E-state index < -0.39 is 6.04 Å². The van der Waals surface area contributed by atoms with Crippen molar-refractivity contribution < 1.29 is 4.39 Å². The summed E-state index contributed by atoms with van der Waals surface area (Å²) in [5, 5.41) is 24.0. The van der Waals surface area contributed by atoms with Crippen LogP contribution in [0, 0.1) is 28.6 Å². The quantitative estimate of drug-likeness (QED) is 0.400. The van der Waals surface area contributed by atoms with Crippen LogP contribution in [0.2, 0.25) is 0 Å². The Hall–Kier alpha value is -3.93. The van der Waals surface area contributed by atoms with Crippen molar-refractivity contribution in [2.24, 2.45) is 4.99 Å². The Kier molecular flexibility index (Phi) is 6.27. The maximum Gasteiger partial charge on any atom is 0.211 e. The molecular weight excluding hydrogens is 423 g/mol. The Balaban J connectivity index is 1.78. The molecule has 6 N–H and O–H groups in total. The molecule has 4 rings (SSSR count). The van der Waals surface area contributed by atoms with Crippen LogP contribution in [-0.2, 0) is 6.54 Å².